The molecule has 7 nitrogen and oxygen atoms in total. The number of likely N-dealkylation sites (N-methyl/N-ethyl adjacent to an activating group) is 1. The lowest BCUT2D eigenvalue weighted by molar-refractivity contribution is -0.140. The van der Waals surface area contributed by atoms with Gasteiger partial charge in [-0.1, -0.05) is 39.3 Å². The van der Waals surface area contributed by atoms with Gasteiger partial charge in [-0.25, -0.2) is 0 Å². The molecule has 0 aliphatic carbocycles. The number of hydrogen-bond donors (Lipinski definition) is 1. The van der Waals surface area contributed by atoms with Crippen LogP contribution in [0.2, 0.25) is 0 Å². The summed E-state index contributed by atoms with van der Waals surface area (Å²) in [5.74, 6) is -0.169. The molecule has 1 unspecified atom stereocenters. The lowest BCUT2D eigenvalue weighted by atomic mass is 9.95. The van der Waals surface area contributed by atoms with Gasteiger partial charge >= 0.3 is 0 Å². The van der Waals surface area contributed by atoms with Crippen LogP contribution in [0.4, 0.5) is 0 Å². The summed E-state index contributed by atoms with van der Waals surface area (Å²) in [5, 5.41) is 11.2. The first-order valence-electron chi connectivity index (χ1n) is 12.3. The second-order valence-corrected chi connectivity index (χ2v) is 8.52. The molecule has 1 aliphatic rings. The van der Waals surface area contributed by atoms with E-state index in [9.17, 15) is 14.7 Å². The van der Waals surface area contributed by atoms with Crippen LogP contribution in [0, 0.1) is 0 Å². The Kier molecular flexibility index (Phi) is 9.32. The number of Topliss-reactive ketones (excluding diaryl/α,β-unsaturated/α-hetero) is 1. The Bertz CT molecular complexity index is 1040. The van der Waals surface area contributed by atoms with Crippen molar-refractivity contribution < 1.29 is 24.2 Å². The maximum Gasteiger partial charge on any atom is 0.295 e. The number of likely N-dealkylation sites (tertiary alicyclic amines) is 1. The van der Waals surface area contributed by atoms with E-state index in [0.29, 0.717) is 36.8 Å². The minimum absolute atomic E-state index is 0.0884. The van der Waals surface area contributed by atoms with E-state index in [1.54, 1.807) is 36.3 Å². The fourth-order valence-electron chi connectivity index (χ4n) is 4.26. The zero-order chi connectivity index (χ0) is 25.4. The van der Waals surface area contributed by atoms with Crippen molar-refractivity contribution >= 4 is 17.4 Å². The Morgan fingerprint density at radius 1 is 1.03 bits per heavy atom. The number of hydrogen-bond acceptors (Lipinski definition) is 6. The molecule has 1 atom stereocenters. The molecule has 7 heteroatoms. The van der Waals surface area contributed by atoms with Crippen LogP contribution < -0.4 is 9.47 Å². The summed E-state index contributed by atoms with van der Waals surface area (Å²) < 4.78 is 11.1. The van der Waals surface area contributed by atoms with Crippen LogP contribution in [0.5, 0.6) is 11.5 Å². The summed E-state index contributed by atoms with van der Waals surface area (Å²) in [6.07, 6.45) is 1.96. The first-order chi connectivity index (χ1) is 16.9. The molecule has 1 fully saturated rings. The SMILES string of the molecule is CCCCOc1cccc(C2C(=C(O)c3ccc(OC)cc3)C(=O)C(=O)N2CCN(CC)CC)c1. The number of benzene rings is 2. The summed E-state index contributed by atoms with van der Waals surface area (Å²) in [4.78, 5) is 30.2. The highest BCUT2D eigenvalue weighted by molar-refractivity contribution is 6.46. The number of carbonyl (C=O) groups is 2. The summed E-state index contributed by atoms with van der Waals surface area (Å²) in [6, 6.07) is 13.5. The number of methoxy groups -OCH3 is 1. The van der Waals surface area contributed by atoms with Gasteiger partial charge in [0.2, 0.25) is 0 Å². The lowest BCUT2D eigenvalue weighted by Gasteiger charge is -2.28. The van der Waals surface area contributed by atoms with Crippen LogP contribution in [-0.4, -0.2) is 66.5 Å². The van der Waals surface area contributed by atoms with Crippen LogP contribution >= 0.6 is 0 Å². The lowest BCUT2D eigenvalue weighted by Crippen LogP contribution is -2.38. The van der Waals surface area contributed by atoms with E-state index >= 15 is 0 Å². The predicted octanol–water partition coefficient (Wildman–Crippen LogP) is 4.64. The molecule has 2 aromatic rings. The first-order valence-corrected chi connectivity index (χ1v) is 12.3. The normalized spacial score (nSPS) is 17.3. The molecule has 3 rings (SSSR count). The van der Waals surface area contributed by atoms with Gasteiger partial charge < -0.3 is 24.4 Å². The first kappa shape index (κ1) is 26.3. The zero-order valence-corrected chi connectivity index (χ0v) is 21.1. The van der Waals surface area contributed by atoms with E-state index in [1.807, 2.05) is 24.3 Å². The minimum Gasteiger partial charge on any atom is -0.507 e. The molecule has 1 heterocycles. The van der Waals surface area contributed by atoms with Gasteiger partial charge in [0.05, 0.1) is 25.3 Å². The molecule has 0 aromatic heterocycles. The van der Waals surface area contributed by atoms with Gasteiger partial charge in [0.25, 0.3) is 11.7 Å². The van der Waals surface area contributed by atoms with Gasteiger partial charge in [-0.05, 0) is 61.5 Å². The summed E-state index contributed by atoms with van der Waals surface area (Å²) >= 11 is 0. The van der Waals surface area contributed by atoms with E-state index in [0.717, 1.165) is 31.5 Å². The van der Waals surface area contributed by atoms with E-state index in [-0.39, 0.29) is 11.3 Å². The van der Waals surface area contributed by atoms with E-state index in [4.69, 9.17) is 9.47 Å². The topological polar surface area (TPSA) is 79.3 Å². The van der Waals surface area contributed by atoms with Crippen molar-refractivity contribution in [2.75, 3.05) is 39.9 Å². The second-order valence-electron chi connectivity index (χ2n) is 8.52. The molecule has 0 saturated carbocycles. The van der Waals surface area contributed by atoms with Crippen LogP contribution in [0.1, 0.15) is 50.8 Å². The van der Waals surface area contributed by atoms with Crippen LogP contribution in [-0.2, 0) is 9.59 Å². The van der Waals surface area contributed by atoms with Gasteiger partial charge in [-0.15, -0.1) is 0 Å². The third-order valence-electron chi connectivity index (χ3n) is 6.40. The molecule has 1 saturated heterocycles. The number of aliphatic hydroxyl groups excluding tert-OH is 1. The molecule has 1 aliphatic heterocycles. The van der Waals surface area contributed by atoms with Gasteiger partial charge in [0.15, 0.2) is 0 Å². The number of ether oxygens (including phenoxy) is 2. The quantitative estimate of drug-likeness (QED) is 0.206. The minimum atomic E-state index is -0.706. The Morgan fingerprint density at radius 2 is 1.74 bits per heavy atom. The average Bonchev–Trinajstić information content (AvgIpc) is 3.14. The number of ketones is 1. The molecule has 1 N–H and O–H groups in total. The fourth-order valence-corrected chi connectivity index (χ4v) is 4.26. The maximum absolute atomic E-state index is 13.2. The van der Waals surface area contributed by atoms with Crippen molar-refractivity contribution in [3.05, 3.63) is 65.2 Å². The van der Waals surface area contributed by atoms with Crippen LogP contribution in [0.3, 0.4) is 0 Å². The standard InChI is InChI=1S/C28H36N2O5/c1-5-8-18-35-23-11-9-10-21(19-23)25-24(26(31)20-12-14-22(34-4)15-13-20)27(32)28(33)30(25)17-16-29(6-2)7-3/h9-15,19,25,31H,5-8,16-18H2,1-4H3. The van der Waals surface area contributed by atoms with Gasteiger partial charge in [0.1, 0.15) is 17.3 Å². The van der Waals surface area contributed by atoms with Gasteiger partial charge in [-0.2, -0.15) is 0 Å². The van der Waals surface area contributed by atoms with E-state index < -0.39 is 17.7 Å². The fraction of sp³-hybridized carbons (Fsp3) is 0.429. The van der Waals surface area contributed by atoms with E-state index in [2.05, 4.69) is 25.7 Å². The highest BCUT2D eigenvalue weighted by Gasteiger charge is 2.46. The number of aliphatic hydroxyl groups is 1. The van der Waals surface area contributed by atoms with Crippen LogP contribution in [0.25, 0.3) is 5.76 Å². The Labute approximate surface area is 207 Å². The Hall–Kier alpha value is -3.32. The number of rotatable bonds is 12. The molecule has 1 amide bonds. The highest BCUT2D eigenvalue weighted by atomic mass is 16.5. The van der Waals surface area contributed by atoms with Gasteiger partial charge in [-0.3, -0.25) is 9.59 Å². The maximum atomic E-state index is 13.2. The highest BCUT2D eigenvalue weighted by Crippen LogP contribution is 2.40. The monoisotopic (exact) mass is 480 g/mol. The number of amides is 1. The number of nitrogens with zero attached hydrogens (tertiary/aromatic N) is 2. The van der Waals surface area contributed by atoms with Crippen molar-refractivity contribution in [3.63, 3.8) is 0 Å². The Balaban J connectivity index is 2.06. The summed E-state index contributed by atoms with van der Waals surface area (Å²) in [6.45, 7) is 9.51. The van der Waals surface area contributed by atoms with Crippen LogP contribution in [0.15, 0.2) is 54.1 Å². The van der Waals surface area contributed by atoms with Crippen molar-refractivity contribution in [3.8, 4) is 11.5 Å². The molecular weight excluding hydrogens is 444 g/mol. The average molecular weight is 481 g/mol. The van der Waals surface area contributed by atoms with E-state index in [1.165, 1.54) is 0 Å². The van der Waals surface area contributed by atoms with Crippen molar-refractivity contribution in [1.82, 2.24) is 9.80 Å². The van der Waals surface area contributed by atoms with Gasteiger partial charge in [0, 0.05) is 18.7 Å². The molecule has 35 heavy (non-hydrogen) atoms. The molecular formula is C28H36N2O5. The Morgan fingerprint density at radius 3 is 2.37 bits per heavy atom. The summed E-state index contributed by atoms with van der Waals surface area (Å²) in [5.41, 5.74) is 1.27. The molecule has 0 bridgehead atoms. The third-order valence-corrected chi connectivity index (χ3v) is 6.40. The largest absolute Gasteiger partial charge is 0.507 e. The van der Waals surface area contributed by atoms with Crippen molar-refractivity contribution in [2.45, 2.75) is 39.7 Å². The molecule has 188 valence electrons. The predicted molar refractivity (Wildman–Crippen MR) is 137 cm³/mol. The smallest absolute Gasteiger partial charge is 0.295 e. The molecule has 0 spiro atoms. The number of carbonyl (C=O) groups excluding carboxylic acids is 2. The van der Waals surface area contributed by atoms with Crippen molar-refractivity contribution in [2.24, 2.45) is 0 Å². The molecule has 2 aromatic carbocycles. The number of unbranched alkanes of at least 4 members (excludes halogenated alkanes) is 1. The summed E-state index contributed by atoms with van der Waals surface area (Å²) in [7, 11) is 1.56. The second kappa shape index (κ2) is 12.4. The molecule has 0 radical (unpaired) electrons. The third kappa shape index (κ3) is 6.03. The zero-order valence-electron chi connectivity index (χ0n) is 21.1. The van der Waals surface area contributed by atoms with Crippen molar-refractivity contribution in [1.29, 1.82) is 0 Å².